The SMILES string of the molecule is O=C=NCc1ccc2c(c1)COCC2. The van der Waals surface area contributed by atoms with Gasteiger partial charge in [0.25, 0.3) is 0 Å². The third-order valence-corrected chi connectivity index (χ3v) is 2.37. The van der Waals surface area contributed by atoms with Crippen molar-refractivity contribution in [3.8, 4) is 0 Å². The highest BCUT2D eigenvalue weighted by Crippen LogP contribution is 2.18. The molecule has 14 heavy (non-hydrogen) atoms. The number of benzene rings is 1. The molecule has 0 aliphatic carbocycles. The summed E-state index contributed by atoms with van der Waals surface area (Å²) in [5.74, 6) is 0. The first-order valence-electron chi connectivity index (χ1n) is 4.62. The summed E-state index contributed by atoms with van der Waals surface area (Å²) >= 11 is 0. The van der Waals surface area contributed by atoms with Gasteiger partial charge in [-0.1, -0.05) is 18.2 Å². The van der Waals surface area contributed by atoms with Gasteiger partial charge in [0.2, 0.25) is 6.08 Å². The third-order valence-electron chi connectivity index (χ3n) is 2.37. The second kappa shape index (κ2) is 4.18. The van der Waals surface area contributed by atoms with Crippen LogP contribution in [0.2, 0.25) is 0 Å². The standard InChI is InChI=1S/C11H11NO2/c13-8-12-6-9-1-2-10-3-4-14-7-11(10)5-9/h1-2,5H,3-4,6-7H2. The Morgan fingerprint density at radius 3 is 3.21 bits per heavy atom. The van der Waals surface area contributed by atoms with E-state index in [1.807, 2.05) is 6.07 Å². The first-order chi connectivity index (χ1) is 6.90. The second-order valence-corrected chi connectivity index (χ2v) is 3.31. The van der Waals surface area contributed by atoms with Crippen LogP contribution in [0.5, 0.6) is 0 Å². The molecular formula is C11H11NO2. The fourth-order valence-electron chi connectivity index (χ4n) is 1.64. The molecule has 0 saturated heterocycles. The van der Waals surface area contributed by atoms with Crippen LogP contribution in [0.1, 0.15) is 16.7 Å². The van der Waals surface area contributed by atoms with Crippen LogP contribution in [0.3, 0.4) is 0 Å². The second-order valence-electron chi connectivity index (χ2n) is 3.31. The minimum Gasteiger partial charge on any atom is -0.376 e. The van der Waals surface area contributed by atoms with Gasteiger partial charge >= 0.3 is 0 Å². The Labute approximate surface area is 82.4 Å². The van der Waals surface area contributed by atoms with Crippen LogP contribution in [-0.4, -0.2) is 12.7 Å². The van der Waals surface area contributed by atoms with Crippen molar-refractivity contribution < 1.29 is 9.53 Å². The van der Waals surface area contributed by atoms with Crippen LogP contribution >= 0.6 is 0 Å². The van der Waals surface area contributed by atoms with E-state index in [-0.39, 0.29) is 0 Å². The summed E-state index contributed by atoms with van der Waals surface area (Å²) in [4.78, 5) is 13.5. The predicted molar refractivity (Wildman–Crippen MR) is 51.6 cm³/mol. The molecule has 1 aromatic rings. The minimum absolute atomic E-state index is 0.413. The van der Waals surface area contributed by atoms with Crippen molar-refractivity contribution in [1.29, 1.82) is 0 Å². The first kappa shape index (κ1) is 9.13. The zero-order valence-electron chi connectivity index (χ0n) is 7.82. The van der Waals surface area contributed by atoms with E-state index >= 15 is 0 Å². The van der Waals surface area contributed by atoms with Gasteiger partial charge in [-0.15, -0.1) is 0 Å². The van der Waals surface area contributed by atoms with Crippen LogP contribution in [0.4, 0.5) is 0 Å². The molecule has 0 unspecified atom stereocenters. The number of hydrogen-bond acceptors (Lipinski definition) is 3. The van der Waals surface area contributed by atoms with Gasteiger partial charge in [0.15, 0.2) is 0 Å². The Bertz CT molecular complexity index is 381. The number of carbonyl (C=O) groups excluding carboxylic acids is 1. The van der Waals surface area contributed by atoms with Crippen LogP contribution < -0.4 is 0 Å². The van der Waals surface area contributed by atoms with E-state index in [0.717, 1.165) is 18.6 Å². The maximum absolute atomic E-state index is 9.95. The van der Waals surface area contributed by atoms with Gasteiger partial charge in [0, 0.05) is 0 Å². The average molecular weight is 189 g/mol. The Kier molecular flexibility index (Phi) is 2.73. The van der Waals surface area contributed by atoms with Gasteiger partial charge in [-0.25, -0.2) is 9.79 Å². The Balaban J connectivity index is 2.24. The first-order valence-corrected chi connectivity index (χ1v) is 4.62. The highest BCUT2D eigenvalue weighted by Gasteiger charge is 2.09. The monoisotopic (exact) mass is 189 g/mol. The molecule has 3 heteroatoms. The Hall–Kier alpha value is -1.44. The smallest absolute Gasteiger partial charge is 0.235 e. The van der Waals surface area contributed by atoms with Crippen molar-refractivity contribution in [2.45, 2.75) is 19.6 Å². The van der Waals surface area contributed by atoms with Crippen LogP contribution in [0.15, 0.2) is 23.2 Å². The van der Waals surface area contributed by atoms with Gasteiger partial charge in [-0.3, -0.25) is 0 Å². The molecule has 0 radical (unpaired) electrons. The Morgan fingerprint density at radius 2 is 2.36 bits per heavy atom. The van der Waals surface area contributed by atoms with Crippen molar-refractivity contribution in [2.24, 2.45) is 4.99 Å². The number of nitrogens with zero attached hydrogens (tertiary/aromatic N) is 1. The van der Waals surface area contributed by atoms with Gasteiger partial charge in [0.1, 0.15) is 0 Å². The van der Waals surface area contributed by atoms with Crippen molar-refractivity contribution in [3.63, 3.8) is 0 Å². The van der Waals surface area contributed by atoms with Crippen LogP contribution in [0, 0.1) is 0 Å². The molecule has 0 spiro atoms. The highest BCUT2D eigenvalue weighted by molar-refractivity contribution is 5.36. The van der Waals surface area contributed by atoms with Crippen molar-refractivity contribution in [2.75, 3.05) is 6.61 Å². The van der Waals surface area contributed by atoms with E-state index in [2.05, 4.69) is 17.1 Å². The van der Waals surface area contributed by atoms with Gasteiger partial charge in [0.05, 0.1) is 19.8 Å². The van der Waals surface area contributed by atoms with Crippen LogP contribution in [0.25, 0.3) is 0 Å². The number of rotatable bonds is 2. The summed E-state index contributed by atoms with van der Waals surface area (Å²) in [6.45, 7) is 1.89. The number of isocyanates is 1. The molecule has 0 N–H and O–H groups in total. The predicted octanol–water partition coefficient (Wildman–Crippen LogP) is 1.60. The molecule has 2 rings (SSSR count). The summed E-state index contributed by atoms with van der Waals surface area (Å²) in [6, 6.07) is 6.15. The summed E-state index contributed by atoms with van der Waals surface area (Å²) in [7, 11) is 0. The van der Waals surface area contributed by atoms with E-state index in [0.29, 0.717) is 13.2 Å². The maximum Gasteiger partial charge on any atom is 0.235 e. The summed E-state index contributed by atoms with van der Waals surface area (Å²) in [5, 5.41) is 0. The Morgan fingerprint density at radius 1 is 1.43 bits per heavy atom. The molecule has 0 fully saturated rings. The molecular weight excluding hydrogens is 178 g/mol. The molecule has 0 bridgehead atoms. The number of hydrogen-bond donors (Lipinski definition) is 0. The van der Waals surface area contributed by atoms with Crippen molar-refractivity contribution in [3.05, 3.63) is 34.9 Å². The minimum atomic E-state index is 0.413. The van der Waals surface area contributed by atoms with Gasteiger partial charge in [-0.05, 0) is 23.1 Å². The molecule has 0 saturated carbocycles. The zero-order valence-corrected chi connectivity index (χ0v) is 7.82. The molecule has 1 heterocycles. The topological polar surface area (TPSA) is 38.7 Å². The molecule has 1 aromatic carbocycles. The van der Waals surface area contributed by atoms with Crippen molar-refractivity contribution in [1.82, 2.24) is 0 Å². The average Bonchev–Trinajstić information content (AvgIpc) is 2.26. The van der Waals surface area contributed by atoms with E-state index in [9.17, 15) is 4.79 Å². The lowest BCUT2D eigenvalue weighted by Gasteiger charge is -2.16. The van der Waals surface area contributed by atoms with E-state index < -0.39 is 0 Å². The lowest BCUT2D eigenvalue weighted by Crippen LogP contribution is -2.09. The fraction of sp³-hybridized carbons (Fsp3) is 0.364. The van der Waals surface area contributed by atoms with Crippen LogP contribution in [-0.2, 0) is 29.1 Å². The summed E-state index contributed by atoms with van der Waals surface area (Å²) in [6.07, 6.45) is 2.52. The number of ether oxygens (including phenoxy) is 1. The summed E-state index contributed by atoms with van der Waals surface area (Å²) in [5.41, 5.74) is 3.60. The van der Waals surface area contributed by atoms with E-state index in [1.165, 1.54) is 17.2 Å². The largest absolute Gasteiger partial charge is 0.376 e. The molecule has 0 aromatic heterocycles. The van der Waals surface area contributed by atoms with E-state index in [1.54, 1.807) is 0 Å². The van der Waals surface area contributed by atoms with Gasteiger partial charge in [-0.2, -0.15) is 0 Å². The zero-order chi connectivity index (χ0) is 9.80. The number of aliphatic imine (C=N–C) groups is 1. The van der Waals surface area contributed by atoms with Gasteiger partial charge < -0.3 is 4.74 Å². The lowest BCUT2D eigenvalue weighted by atomic mass is 10.0. The molecule has 1 aliphatic rings. The molecule has 72 valence electrons. The van der Waals surface area contributed by atoms with E-state index in [4.69, 9.17) is 4.74 Å². The number of fused-ring (bicyclic) bond motifs is 1. The molecule has 1 aliphatic heterocycles. The highest BCUT2D eigenvalue weighted by atomic mass is 16.5. The quantitative estimate of drug-likeness (QED) is 0.523. The lowest BCUT2D eigenvalue weighted by molar-refractivity contribution is 0.110. The van der Waals surface area contributed by atoms with Crippen molar-refractivity contribution >= 4 is 6.08 Å². The molecule has 0 atom stereocenters. The maximum atomic E-state index is 9.95. The summed E-state index contributed by atoms with van der Waals surface area (Å²) < 4.78 is 5.35. The molecule has 0 amide bonds. The fourth-order valence-corrected chi connectivity index (χ4v) is 1.64. The third kappa shape index (κ3) is 1.90. The normalized spacial score (nSPS) is 14.3. The molecule has 3 nitrogen and oxygen atoms in total.